The van der Waals surface area contributed by atoms with Gasteiger partial charge in [0.05, 0.1) is 20.5 Å². The summed E-state index contributed by atoms with van der Waals surface area (Å²) in [5.74, 6) is 0. The van der Waals surface area contributed by atoms with Crippen LogP contribution in [-0.4, -0.2) is 13.3 Å². The van der Waals surface area contributed by atoms with E-state index in [-0.39, 0.29) is 21.3 Å². The molecule has 0 aliphatic carbocycles. The molecule has 110 valence electrons. The van der Waals surface area contributed by atoms with E-state index < -0.39 is 14.9 Å². The smallest absolute Gasteiger partial charge is 0.271 e. The summed E-state index contributed by atoms with van der Waals surface area (Å²) in [6.45, 7) is 0. The molecule has 0 amide bonds. The summed E-state index contributed by atoms with van der Waals surface area (Å²) in [5.41, 5.74) is -0.142. The molecule has 0 fully saturated rings. The standard InChI is InChI=1S/C12H8BrClN2O4S/c13-8-1-4-10(5-2-8)21(19,20)15-12-6-3-9(16(17)18)7-11(12)14/h1-7,15H. The molecule has 6 nitrogen and oxygen atoms in total. The summed E-state index contributed by atoms with van der Waals surface area (Å²) >= 11 is 9.07. The van der Waals surface area contributed by atoms with E-state index in [4.69, 9.17) is 11.6 Å². The van der Waals surface area contributed by atoms with Crippen molar-refractivity contribution < 1.29 is 13.3 Å². The van der Waals surface area contributed by atoms with Gasteiger partial charge in [-0.15, -0.1) is 0 Å². The van der Waals surface area contributed by atoms with Gasteiger partial charge in [0.2, 0.25) is 0 Å². The predicted octanol–water partition coefficient (Wildman–Crippen LogP) is 3.81. The topological polar surface area (TPSA) is 89.3 Å². The van der Waals surface area contributed by atoms with E-state index in [0.29, 0.717) is 0 Å². The van der Waals surface area contributed by atoms with E-state index in [2.05, 4.69) is 20.7 Å². The molecule has 0 aromatic heterocycles. The van der Waals surface area contributed by atoms with Crippen molar-refractivity contribution in [3.63, 3.8) is 0 Å². The fraction of sp³-hybridized carbons (Fsp3) is 0. The van der Waals surface area contributed by atoms with Gasteiger partial charge in [-0.05, 0) is 30.3 Å². The zero-order valence-corrected chi connectivity index (χ0v) is 13.4. The fourth-order valence-corrected chi connectivity index (χ4v) is 3.14. The number of rotatable bonds is 4. The predicted molar refractivity (Wildman–Crippen MR) is 83.1 cm³/mol. The molecule has 0 aliphatic rings. The van der Waals surface area contributed by atoms with Crippen molar-refractivity contribution in [3.05, 3.63) is 62.1 Å². The summed E-state index contributed by atoms with van der Waals surface area (Å²) in [6, 6.07) is 9.53. The van der Waals surface area contributed by atoms with Gasteiger partial charge in [-0.2, -0.15) is 0 Å². The van der Waals surface area contributed by atoms with Crippen molar-refractivity contribution in [2.75, 3.05) is 4.72 Å². The lowest BCUT2D eigenvalue weighted by Gasteiger charge is -2.09. The lowest BCUT2D eigenvalue weighted by Crippen LogP contribution is -2.13. The van der Waals surface area contributed by atoms with E-state index in [1.807, 2.05) is 0 Å². The first kappa shape index (κ1) is 15.7. The Morgan fingerprint density at radius 3 is 2.29 bits per heavy atom. The number of non-ortho nitro benzene ring substituents is 1. The first-order chi connectivity index (χ1) is 9.79. The average Bonchev–Trinajstić information content (AvgIpc) is 2.41. The van der Waals surface area contributed by atoms with Crippen molar-refractivity contribution in [2.24, 2.45) is 0 Å². The van der Waals surface area contributed by atoms with Crippen LogP contribution >= 0.6 is 27.5 Å². The van der Waals surface area contributed by atoms with Gasteiger partial charge in [-0.1, -0.05) is 27.5 Å². The lowest BCUT2D eigenvalue weighted by atomic mass is 10.3. The highest BCUT2D eigenvalue weighted by molar-refractivity contribution is 9.10. The van der Waals surface area contributed by atoms with Gasteiger partial charge in [0.15, 0.2) is 0 Å². The van der Waals surface area contributed by atoms with Gasteiger partial charge >= 0.3 is 0 Å². The number of halogens is 2. The summed E-state index contributed by atoms with van der Waals surface area (Å²) in [7, 11) is -3.81. The van der Waals surface area contributed by atoms with Crippen LogP contribution in [-0.2, 0) is 10.0 Å². The summed E-state index contributed by atoms with van der Waals surface area (Å²) in [6.07, 6.45) is 0. The van der Waals surface area contributed by atoms with E-state index in [1.165, 1.54) is 24.3 Å². The third-order valence-corrected chi connectivity index (χ3v) is 4.75. The first-order valence-corrected chi connectivity index (χ1v) is 8.17. The molecule has 0 heterocycles. The van der Waals surface area contributed by atoms with Gasteiger partial charge in [0.25, 0.3) is 15.7 Å². The number of nitro groups is 1. The number of sulfonamides is 1. The minimum absolute atomic E-state index is 0.0510. The van der Waals surface area contributed by atoms with Crippen LogP contribution in [0.4, 0.5) is 11.4 Å². The monoisotopic (exact) mass is 390 g/mol. The zero-order valence-electron chi connectivity index (χ0n) is 10.3. The Hall–Kier alpha value is -1.64. The minimum atomic E-state index is -3.81. The van der Waals surface area contributed by atoms with E-state index in [0.717, 1.165) is 10.5 Å². The molecule has 2 rings (SSSR count). The molecule has 0 unspecified atom stereocenters. The van der Waals surface area contributed by atoms with Gasteiger partial charge in [0, 0.05) is 16.6 Å². The second kappa shape index (κ2) is 6.00. The quantitative estimate of drug-likeness (QED) is 0.634. The third kappa shape index (κ3) is 3.72. The van der Waals surface area contributed by atoms with E-state index >= 15 is 0 Å². The Morgan fingerprint density at radius 2 is 1.76 bits per heavy atom. The molecule has 2 aromatic carbocycles. The average molecular weight is 392 g/mol. The largest absolute Gasteiger partial charge is 0.278 e. The Bertz CT molecular complexity index is 793. The van der Waals surface area contributed by atoms with E-state index in [1.54, 1.807) is 12.1 Å². The van der Waals surface area contributed by atoms with Gasteiger partial charge in [0.1, 0.15) is 0 Å². The number of nitro benzene ring substituents is 1. The van der Waals surface area contributed by atoms with Crippen LogP contribution in [0, 0.1) is 10.1 Å². The fourth-order valence-electron chi connectivity index (χ4n) is 1.52. The van der Waals surface area contributed by atoms with Crippen LogP contribution in [0.25, 0.3) is 0 Å². The van der Waals surface area contributed by atoms with E-state index in [9.17, 15) is 18.5 Å². The van der Waals surface area contributed by atoms with Crippen LogP contribution in [0.5, 0.6) is 0 Å². The number of anilines is 1. The maximum absolute atomic E-state index is 12.2. The van der Waals surface area contributed by atoms with Crippen LogP contribution in [0.2, 0.25) is 5.02 Å². The van der Waals surface area contributed by atoms with Crippen molar-refractivity contribution in [2.45, 2.75) is 4.90 Å². The normalized spacial score (nSPS) is 11.1. The summed E-state index contributed by atoms with van der Waals surface area (Å²) in [4.78, 5) is 10.1. The lowest BCUT2D eigenvalue weighted by molar-refractivity contribution is -0.384. The van der Waals surface area contributed by atoms with Crippen LogP contribution in [0.15, 0.2) is 51.8 Å². The number of nitrogens with zero attached hydrogens (tertiary/aromatic N) is 1. The van der Waals surface area contributed by atoms with Crippen LogP contribution < -0.4 is 4.72 Å². The maximum atomic E-state index is 12.2. The molecule has 0 saturated heterocycles. The number of hydrogen-bond donors (Lipinski definition) is 1. The second-order valence-electron chi connectivity index (χ2n) is 3.98. The Kier molecular flexibility index (Phi) is 4.50. The van der Waals surface area contributed by atoms with Gasteiger partial charge in [-0.3, -0.25) is 14.8 Å². The van der Waals surface area contributed by atoms with Crippen molar-refractivity contribution in [1.29, 1.82) is 0 Å². The van der Waals surface area contributed by atoms with Crippen molar-refractivity contribution in [1.82, 2.24) is 0 Å². The molecule has 0 aliphatic heterocycles. The van der Waals surface area contributed by atoms with Crippen LogP contribution in [0.1, 0.15) is 0 Å². The highest BCUT2D eigenvalue weighted by Gasteiger charge is 2.17. The Morgan fingerprint density at radius 1 is 1.14 bits per heavy atom. The first-order valence-electron chi connectivity index (χ1n) is 5.52. The van der Waals surface area contributed by atoms with Crippen LogP contribution in [0.3, 0.4) is 0 Å². The van der Waals surface area contributed by atoms with Crippen molar-refractivity contribution in [3.8, 4) is 0 Å². The highest BCUT2D eigenvalue weighted by Crippen LogP contribution is 2.28. The number of hydrogen-bond acceptors (Lipinski definition) is 4. The summed E-state index contributed by atoms with van der Waals surface area (Å²) < 4.78 is 27.4. The molecular formula is C12H8BrClN2O4S. The zero-order chi connectivity index (χ0) is 15.6. The summed E-state index contributed by atoms with van der Waals surface area (Å²) in [5, 5.41) is 10.6. The number of benzene rings is 2. The molecule has 0 saturated carbocycles. The molecule has 0 spiro atoms. The molecule has 0 radical (unpaired) electrons. The molecule has 0 bridgehead atoms. The highest BCUT2D eigenvalue weighted by atomic mass is 79.9. The van der Waals surface area contributed by atoms with Crippen molar-refractivity contribution >= 4 is 48.9 Å². The molecule has 1 N–H and O–H groups in total. The molecule has 2 aromatic rings. The Labute approximate surface area is 134 Å². The molecular weight excluding hydrogens is 384 g/mol. The van der Waals surface area contributed by atoms with Gasteiger partial charge in [-0.25, -0.2) is 8.42 Å². The molecule has 0 atom stereocenters. The second-order valence-corrected chi connectivity index (χ2v) is 6.99. The minimum Gasteiger partial charge on any atom is -0.278 e. The Balaban J connectivity index is 2.32. The third-order valence-electron chi connectivity index (χ3n) is 2.53. The number of nitrogens with one attached hydrogen (secondary N) is 1. The van der Waals surface area contributed by atoms with Gasteiger partial charge < -0.3 is 0 Å². The molecule has 21 heavy (non-hydrogen) atoms. The SMILES string of the molecule is O=[N+]([O-])c1ccc(NS(=O)(=O)c2ccc(Br)cc2)c(Cl)c1. The maximum Gasteiger partial charge on any atom is 0.271 e. The molecule has 9 heteroatoms.